The number of thiocarbonyl (C=S) groups is 1. The standard InChI is InChI=1S/C24H20ClN3O2S2/c1-3-13-26(14-4-2)15-27-19-8-6-5-7-18(19)20(22(27)29)21-23(30)28(24(31)32-21)17-11-9-16(25)10-12-17/h3-12H,1-2,13-15H2. The molecule has 2 amide bonds. The van der Waals surface area contributed by atoms with Crippen molar-refractivity contribution in [3.63, 3.8) is 0 Å². The summed E-state index contributed by atoms with van der Waals surface area (Å²) in [5.74, 6) is -0.530. The first-order valence-electron chi connectivity index (χ1n) is 9.87. The molecule has 2 aliphatic rings. The second-order valence-electron chi connectivity index (χ2n) is 7.19. The van der Waals surface area contributed by atoms with Gasteiger partial charge in [-0.05, 0) is 30.3 Å². The van der Waals surface area contributed by atoms with Crippen molar-refractivity contribution in [1.82, 2.24) is 4.90 Å². The Balaban J connectivity index is 1.74. The van der Waals surface area contributed by atoms with Gasteiger partial charge in [0.1, 0.15) is 0 Å². The molecule has 0 bridgehead atoms. The average molecular weight is 482 g/mol. The minimum atomic E-state index is -0.309. The Morgan fingerprint density at radius 2 is 1.66 bits per heavy atom. The fraction of sp³-hybridized carbons (Fsp3) is 0.125. The number of fused-ring (bicyclic) bond motifs is 1. The van der Waals surface area contributed by atoms with Crippen LogP contribution in [0, 0.1) is 0 Å². The molecule has 1 saturated heterocycles. The molecular formula is C24H20ClN3O2S2. The number of carbonyl (C=O) groups excluding carboxylic acids is 2. The monoisotopic (exact) mass is 481 g/mol. The molecule has 2 aromatic carbocycles. The van der Waals surface area contributed by atoms with Gasteiger partial charge in [0.25, 0.3) is 11.8 Å². The van der Waals surface area contributed by atoms with E-state index in [4.69, 9.17) is 23.8 Å². The van der Waals surface area contributed by atoms with Crippen molar-refractivity contribution < 1.29 is 9.59 Å². The third-order valence-corrected chi connectivity index (χ3v) is 6.74. The minimum Gasteiger partial charge on any atom is -0.294 e. The number of para-hydroxylation sites is 1. The molecule has 0 radical (unpaired) electrons. The van der Waals surface area contributed by atoms with Crippen molar-refractivity contribution in [3.8, 4) is 0 Å². The van der Waals surface area contributed by atoms with E-state index in [9.17, 15) is 9.59 Å². The first-order chi connectivity index (χ1) is 15.5. The SMILES string of the molecule is C=CCN(CC=C)CN1C(=O)C(=C2SC(=S)N(c3ccc(Cl)cc3)C2=O)c2ccccc21. The van der Waals surface area contributed by atoms with Crippen LogP contribution < -0.4 is 9.80 Å². The quantitative estimate of drug-likeness (QED) is 0.313. The topological polar surface area (TPSA) is 43.9 Å². The zero-order valence-electron chi connectivity index (χ0n) is 17.2. The van der Waals surface area contributed by atoms with Crippen LogP contribution in [0.1, 0.15) is 5.56 Å². The lowest BCUT2D eigenvalue weighted by molar-refractivity contribution is -0.115. The maximum atomic E-state index is 13.6. The van der Waals surface area contributed by atoms with E-state index in [1.54, 1.807) is 41.3 Å². The number of rotatable bonds is 7. The summed E-state index contributed by atoms with van der Waals surface area (Å²) >= 11 is 12.6. The molecule has 2 heterocycles. The molecule has 5 nitrogen and oxygen atoms in total. The van der Waals surface area contributed by atoms with Gasteiger partial charge in [-0.25, -0.2) is 0 Å². The van der Waals surface area contributed by atoms with Crippen molar-refractivity contribution in [1.29, 1.82) is 0 Å². The minimum absolute atomic E-state index is 0.221. The zero-order chi connectivity index (χ0) is 22.8. The van der Waals surface area contributed by atoms with E-state index in [2.05, 4.69) is 13.2 Å². The molecule has 32 heavy (non-hydrogen) atoms. The Morgan fingerprint density at radius 3 is 2.31 bits per heavy atom. The number of halogens is 1. The van der Waals surface area contributed by atoms with Crippen molar-refractivity contribution in [2.75, 3.05) is 29.6 Å². The van der Waals surface area contributed by atoms with E-state index in [1.165, 1.54) is 4.90 Å². The van der Waals surface area contributed by atoms with Gasteiger partial charge in [0.05, 0.1) is 28.5 Å². The van der Waals surface area contributed by atoms with Crippen molar-refractivity contribution in [3.05, 3.63) is 89.3 Å². The van der Waals surface area contributed by atoms with Crippen LogP contribution in [-0.2, 0) is 9.59 Å². The molecule has 4 rings (SSSR count). The number of benzene rings is 2. The molecule has 2 aromatic rings. The predicted octanol–water partition coefficient (Wildman–Crippen LogP) is 5.09. The van der Waals surface area contributed by atoms with Gasteiger partial charge in [0, 0.05) is 23.7 Å². The first kappa shape index (κ1) is 22.5. The normalized spacial score (nSPS) is 18.0. The van der Waals surface area contributed by atoms with Gasteiger partial charge in [-0.15, -0.1) is 13.2 Å². The van der Waals surface area contributed by atoms with Crippen LogP contribution in [0.4, 0.5) is 11.4 Å². The van der Waals surface area contributed by atoms with Crippen molar-refractivity contribution in [2.45, 2.75) is 0 Å². The first-order valence-corrected chi connectivity index (χ1v) is 11.5. The number of hydrogen-bond donors (Lipinski definition) is 0. The Labute approximate surface area is 201 Å². The summed E-state index contributed by atoms with van der Waals surface area (Å²) in [6.45, 7) is 9.15. The highest BCUT2D eigenvalue weighted by Gasteiger charge is 2.42. The van der Waals surface area contributed by atoms with Crippen LogP contribution >= 0.6 is 35.6 Å². The second kappa shape index (κ2) is 9.42. The van der Waals surface area contributed by atoms with Gasteiger partial charge < -0.3 is 0 Å². The summed E-state index contributed by atoms with van der Waals surface area (Å²) in [6, 6.07) is 14.4. The van der Waals surface area contributed by atoms with E-state index in [0.717, 1.165) is 23.0 Å². The van der Waals surface area contributed by atoms with Gasteiger partial charge in [-0.2, -0.15) is 0 Å². The summed E-state index contributed by atoms with van der Waals surface area (Å²) in [6.07, 6.45) is 3.57. The predicted molar refractivity (Wildman–Crippen MR) is 137 cm³/mol. The zero-order valence-corrected chi connectivity index (χ0v) is 19.6. The van der Waals surface area contributed by atoms with Gasteiger partial charge in [0.2, 0.25) is 0 Å². The maximum Gasteiger partial charge on any atom is 0.271 e. The molecular weight excluding hydrogens is 462 g/mol. The summed E-state index contributed by atoms with van der Waals surface area (Å²) in [5.41, 5.74) is 2.49. The molecule has 2 aliphatic heterocycles. The fourth-order valence-electron chi connectivity index (χ4n) is 3.73. The van der Waals surface area contributed by atoms with Gasteiger partial charge in [-0.1, -0.05) is 65.9 Å². The number of hydrogen-bond acceptors (Lipinski definition) is 5. The molecule has 8 heteroatoms. The Bertz CT molecular complexity index is 1150. The Kier molecular flexibility index (Phi) is 6.62. The fourth-order valence-corrected chi connectivity index (χ4v) is 5.22. The van der Waals surface area contributed by atoms with Gasteiger partial charge in [-0.3, -0.25) is 24.3 Å². The van der Waals surface area contributed by atoms with Crippen LogP contribution in [0.15, 0.2) is 78.7 Å². The molecule has 1 fully saturated rings. The third-order valence-electron chi connectivity index (χ3n) is 5.12. The van der Waals surface area contributed by atoms with E-state index >= 15 is 0 Å². The molecule has 0 unspecified atom stereocenters. The average Bonchev–Trinajstić information content (AvgIpc) is 3.22. The van der Waals surface area contributed by atoms with E-state index < -0.39 is 0 Å². The highest BCUT2D eigenvalue weighted by Crippen LogP contribution is 2.45. The largest absolute Gasteiger partial charge is 0.294 e. The molecule has 0 spiro atoms. The maximum absolute atomic E-state index is 13.6. The van der Waals surface area contributed by atoms with Crippen LogP contribution in [0.25, 0.3) is 5.57 Å². The van der Waals surface area contributed by atoms with Gasteiger partial charge >= 0.3 is 0 Å². The smallest absolute Gasteiger partial charge is 0.271 e. The summed E-state index contributed by atoms with van der Waals surface area (Å²) < 4.78 is 0.378. The summed E-state index contributed by atoms with van der Waals surface area (Å²) in [5, 5.41) is 0.566. The van der Waals surface area contributed by atoms with Crippen molar-refractivity contribution >= 4 is 68.7 Å². The molecule has 162 valence electrons. The van der Waals surface area contributed by atoms with Crippen LogP contribution in [0.3, 0.4) is 0 Å². The lowest BCUT2D eigenvalue weighted by Crippen LogP contribution is -2.40. The van der Waals surface area contributed by atoms with Crippen molar-refractivity contribution in [2.24, 2.45) is 0 Å². The highest BCUT2D eigenvalue weighted by molar-refractivity contribution is 8.27. The molecule has 0 atom stereocenters. The summed E-state index contributed by atoms with van der Waals surface area (Å²) in [7, 11) is 0. The number of nitrogens with zero attached hydrogens (tertiary/aromatic N) is 3. The molecule has 0 saturated carbocycles. The number of carbonyl (C=O) groups is 2. The lowest BCUT2D eigenvalue weighted by atomic mass is 10.1. The lowest BCUT2D eigenvalue weighted by Gasteiger charge is -2.26. The second-order valence-corrected chi connectivity index (χ2v) is 9.27. The number of anilines is 2. The van der Waals surface area contributed by atoms with E-state index in [1.807, 2.05) is 29.2 Å². The van der Waals surface area contributed by atoms with E-state index in [-0.39, 0.29) is 11.8 Å². The third kappa shape index (κ3) is 4.04. The molecule has 0 aliphatic carbocycles. The number of thioether (sulfide) groups is 1. The van der Waals surface area contributed by atoms with Crippen LogP contribution in [0.5, 0.6) is 0 Å². The van der Waals surface area contributed by atoms with E-state index in [0.29, 0.717) is 45.3 Å². The Morgan fingerprint density at radius 1 is 1.00 bits per heavy atom. The molecule has 0 aromatic heterocycles. The Hall–Kier alpha value is -2.71. The summed E-state index contributed by atoms with van der Waals surface area (Å²) in [4.78, 5) is 32.5. The highest BCUT2D eigenvalue weighted by atomic mass is 35.5. The molecule has 0 N–H and O–H groups in total. The van der Waals surface area contributed by atoms with Crippen LogP contribution in [-0.4, -0.2) is 40.8 Å². The number of amides is 2. The van der Waals surface area contributed by atoms with Crippen LogP contribution in [0.2, 0.25) is 5.02 Å². The van der Waals surface area contributed by atoms with Gasteiger partial charge in [0.15, 0.2) is 4.32 Å².